The fraction of sp³-hybridized carbons (Fsp3) is 0.353. The number of benzene rings is 1. The van der Waals surface area contributed by atoms with Crippen LogP contribution in [-0.2, 0) is 11.3 Å². The van der Waals surface area contributed by atoms with Gasteiger partial charge < -0.3 is 14.4 Å². The summed E-state index contributed by atoms with van der Waals surface area (Å²) in [6.45, 7) is 5.76. The van der Waals surface area contributed by atoms with Gasteiger partial charge in [-0.2, -0.15) is 0 Å². The number of para-hydroxylation sites is 2. The quantitative estimate of drug-likeness (QED) is 0.746. The molecule has 1 amide bonds. The van der Waals surface area contributed by atoms with Crippen LogP contribution in [0.3, 0.4) is 0 Å². The molecule has 0 radical (unpaired) electrons. The van der Waals surface area contributed by atoms with Crippen LogP contribution in [0.5, 0.6) is 11.5 Å². The van der Waals surface area contributed by atoms with E-state index < -0.39 is 0 Å². The number of amides is 1. The topological polar surface area (TPSA) is 38.8 Å². The zero-order chi connectivity index (χ0) is 15.8. The maximum atomic E-state index is 12.3. The number of likely N-dealkylation sites (N-methyl/N-ethyl adjacent to an activating group) is 1. The van der Waals surface area contributed by atoms with E-state index in [-0.39, 0.29) is 12.5 Å². The Morgan fingerprint density at radius 3 is 2.41 bits per heavy atom. The Morgan fingerprint density at radius 2 is 1.82 bits per heavy atom. The number of carbonyl (C=O) groups is 1. The van der Waals surface area contributed by atoms with Gasteiger partial charge in [0.15, 0.2) is 18.1 Å². The van der Waals surface area contributed by atoms with E-state index >= 15 is 0 Å². The summed E-state index contributed by atoms with van der Waals surface area (Å²) in [7, 11) is 0. The van der Waals surface area contributed by atoms with Gasteiger partial charge in [0.1, 0.15) is 0 Å². The zero-order valence-electron chi connectivity index (χ0n) is 13.0. The van der Waals surface area contributed by atoms with Crippen molar-refractivity contribution in [2.24, 2.45) is 0 Å². The summed E-state index contributed by atoms with van der Waals surface area (Å²) in [6.07, 6.45) is 0. The first kappa shape index (κ1) is 16.4. The Bertz CT molecular complexity index is 583. The molecule has 0 unspecified atom stereocenters. The van der Waals surface area contributed by atoms with E-state index in [0.29, 0.717) is 31.2 Å². The summed E-state index contributed by atoms with van der Waals surface area (Å²) >= 11 is 1.65. The fourth-order valence-electron chi connectivity index (χ4n) is 2.04. The molecule has 0 spiro atoms. The SMILES string of the molecule is CCOc1ccccc1OCC(=O)N(CC)Cc1cccs1. The molecule has 5 heteroatoms. The minimum Gasteiger partial charge on any atom is -0.490 e. The first-order chi connectivity index (χ1) is 10.7. The summed E-state index contributed by atoms with van der Waals surface area (Å²) in [5.74, 6) is 1.24. The van der Waals surface area contributed by atoms with E-state index in [1.807, 2.05) is 55.6 Å². The summed E-state index contributed by atoms with van der Waals surface area (Å²) in [6, 6.07) is 11.4. The van der Waals surface area contributed by atoms with Crippen molar-refractivity contribution in [1.29, 1.82) is 0 Å². The Labute approximate surface area is 135 Å². The van der Waals surface area contributed by atoms with Gasteiger partial charge in [-0.3, -0.25) is 4.79 Å². The zero-order valence-corrected chi connectivity index (χ0v) is 13.8. The highest BCUT2D eigenvalue weighted by atomic mass is 32.1. The van der Waals surface area contributed by atoms with Crippen LogP contribution < -0.4 is 9.47 Å². The maximum Gasteiger partial charge on any atom is 0.260 e. The average Bonchev–Trinajstić information content (AvgIpc) is 3.05. The van der Waals surface area contributed by atoms with Gasteiger partial charge in [0.2, 0.25) is 0 Å². The van der Waals surface area contributed by atoms with E-state index in [2.05, 4.69) is 0 Å². The molecular weight excluding hydrogens is 298 g/mol. The lowest BCUT2D eigenvalue weighted by Crippen LogP contribution is -2.34. The molecule has 2 aromatic rings. The molecule has 0 fully saturated rings. The van der Waals surface area contributed by atoms with Crippen molar-refractivity contribution in [2.45, 2.75) is 20.4 Å². The van der Waals surface area contributed by atoms with Gasteiger partial charge in [0.25, 0.3) is 5.91 Å². The lowest BCUT2D eigenvalue weighted by molar-refractivity contribution is -0.133. The standard InChI is InChI=1S/C17H21NO3S/c1-3-18(12-14-8-7-11-22-14)17(19)13-21-16-10-6-5-9-15(16)20-4-2/h5-11H,3-4,12-13H2,1-2H3. The first-order valence-electron chi connectivity index (χ1n) is 7.39. The number of carbonyl (C=O) groups excluding carboxylic acids is 1. The number of rotatable bonds is 8. The highest BCUT2D eigenvalue weighted by Gasteiger charge is 2.14. The molecule has 1 heterocycles. The Kier molecular flexibility index (Phi) is 6.27. The number of hydrogen-bond acceptors (Lipinski definition) is 4. The normalized spacial score (nSPS) is 10.3. The molecule has 0 aliphatic carbocycles. The number of ether oxygens (including phenoxy) is 2. The van der Waals surface area contributed by atoms with E-state index in [9.17, 15) is 4.79 Å². The van der Waals surface area contributed by atoms with Crippen LogP contribution in [0.25, 0.3) is 0 Å². The number of thiophene rings is 1. The monoisotopic (exact) mass is 319 g/mol. The Balaban J connectivity index is 1.93. The summed E-state index contributed by atoms with van der Waals surface area (Å²) in [5, 5.41) is 2.02. The molecule has 0 N–H and O–H groups in total. The van der Waals surface area contributed by atoms with Crippen LogP contribution in [0.15, 0.2) is 41.8 Å². The largest absolute Gasteiger partial charge is 0.490 e. The first-order valence-corrected chi connectivity index (χ1v) is 8.27. The Hall–Kier alpha value is -2.01. The van der Waals surface area contributed by atoms with Gasteiger partial charge in [0.05, 0.1) is 13.2 Å². The van der Waals surface area contributed by atoms with Crippen molar-refractivity contribution >= 4 is 17.2 Å². The van der Waals surface area contributed by atoms with Crippen molar-refractivity contribution in [2.75, 3.05) is 19.8 Å². The third-order valence-corrected chi connectivity index (χ3v) is 4.02. The summed E-state index contributed by atoms with van der Waals surface area (Å²) in [5.41, 5.74) is 0. The molecule has 1 aromatic carbocycles. The number of hydrogen-bond donors (Lipinski definition) is 0. The molecule has 4 nitrogen and oxygen atoms in total. The van der Waals surface area contributed by atoms with Crippen molar-refractivity contribution in [3.8, 4) is 11.5 Å². The molecule has 0 atom stereocenters. The van der Waals surface area contributed by atoms with E-state index in [1.165, 1.54) is 4.88 Å². The van der Waals surface area contributed by atoms with Gasteiger partial charge in [-0.15, -0.1) is 11.3 Å². The second-order valence-electron chi connectivity index (χ2n) is 4.66. The summed E-state index contributed by atoms with van der Waals surface area (Å²) in [4.78, 5) is 15.3. The van der Waals surface area contributed by atoms with Crippen LogP contribution >= 0.6 is 11.3 Å². The fourth-order valence-corrected chi connectivity index (χ4v) is 2.76. The predicted octanol–water partition coefficient (Wildman–Crippen LogP) is 3.57. The second-order valence-corrected chi connectivity index (χ2v) is 5.69. The Morgan fingerprint density at radius 1 is 1.09 bits per heavy atom. The van der Waals surface area contributed by atoms with Crippen molar-refractivity contribution in [1.82, 2.24) is 4.90 Å². The molecule has 22 heavy (non-hydrogen) atoms. The van der Waals surface area contributed by atoms with Gasteiger partial charge >= 0.3 is 0 Å². The van der Waals surface area contributed by atoms with Gasteiger partial charge in [-0.25, -0.2) is 0 Å². The molecule has 118 valence electrons. The highest BCUT2D eigenvalue weighted by Crippen LogP contribution is 2.26. The van der Waals surface area contributed by atoms with E-state index in [1.54, 1.807) is 16.2 Å². The van der Waals surface area contributed by atoms with Gasteiger partial charge in [-0.1, -0.05) is 18.2 Å². The third kappa shape index (κ3) is 4.49. The minimum atomic E-state index is -0.0257. The van der Waals surface area contributed by atoms with Gasteiger partial charge in [0, 0.05) is 11.4 Å². The van der Waals surface area contributed by atoms with Crippen LogP contribution in [-0.4, -0.2) is 30.6 Å². The second kappa shape index (κ2) is 8.44. The van der Waals surface area contributed by atoms with E-state index in [4.69, 9.17) is 9.47 Å². The van der Waals surface area contributed by atoms with Crippen LogP contribution in [0.4, 0.5) is 0 Å². The van der Waals surface area contributed by atoms with Crippen LogP contribution in [0.1, 0.15) is 18.7 Å². The van der Waals surface area contributed by atoms with Crippen molar-refractivity contribution in [3.63, 3.8) is 0 Å². The molecule has 0 bridgehead atoms. The molecule has 2 rings (SSSR count). The molecule has 0 aliphatic rings. The lowest BCUT2D eigenvalue weighted by atomic mass is 10.3. The smallest absolute Gasteiger partial charge is 0.260 e. The number of nitrogens with zero attached hydrogens (tertiary/aromatic N) is 1. The molecular formula is C17H21NO3S. The minimum absolute atomic E-state index is 0.0172. The lowest BCUT2D eigenvalue weighted by Gasteiger charge is -2.20. The van der Waals surface area contributed by atoms with Gasteiger partial charge in [-0.05, 0) is 37.4 Å². The van der Waals surface area contributed by atoms with Crippen LogP contribution in [0.2, 0.25) is 0 Å². The molecule has 0 saturated heterocycles. The maximum absolute atomic E-state index is 12.3. The summed E-state index contributed by atoms with van der Waals surface area (Å²) < 4.78 is 11.1. The molecule has 1 aromatic heterocycles. The predicted molar refractivity (Wildman–Crippen MR) is 88.5 cm³/mol. The van der Waals surface area contributed by atoms with Crippen molar-refractivity contribution < 1.29 is 14.3 Å². The third-order valence-electron chi connectivity index (χ3n) is 3.16. The highest BCUT2D eigenvalue weighted by molar-refractivity contribution is 7.09. The van der Waals surface area contributed by atoms with E-state index in [0.717, 1.165) is 0 Å². The molecule has 0 saturated carbocycles. The average molecular weight is 319 g/mol. The van der Waals surface area contributed by atoms with Crippen molar-refractivity contribution in [3.05, 3.63) is 46.7 Å². The molecule has 0 aliphatic heterocycles. The van der Waals surface area contributed by atoms with Crippen LogP contribution in [0, 0.1) is 0 Å².